The Kier molecular flexibility index (Phi) is 7.41. The van der Waals surface area contributed by atoms with Crippen LogP contribution in [0.3, 0.4) is 0 Å². The molecule has 3 aromatic carbocycles. The molecule has 1 unspecified atom stereocenters. The molecule has 0 saturated heterocycles. The molecule has 1 aliphatic rings. The lowest BCUT2D eigenvalue weighted by atomic mass is 9.86. The van der Waals surface area contributed by atoms with Crippen molar-refractivity contribution < 1.29 is 18.8 Å². The molecule has 1 aliphatic heterocycles. The summed E-state index contributed by atoms with van der Waals surface area (Å²) in [5, 5.41) is 16.0. The van der Waals surface area contributed by atoms with Gasteiger partial charge < -0.3 is 16.0 Å². The topological polar surface area (TPSA) is 128 Å². The number of aromatic nitrogens is 2. The van der Waals surface area contributed by atoms with Crippen LogP contribution in [0.1, 0.15) is 45.6 Å². The number of halogens is 1. The summed E-state index contributed by atoms with van der Waals surface area (Å²) >= 11 is 0. The molecular weight excluding hydrogens is 511 g/mol. The summed E-state index contributed by atoms with van der Waals surface area (Å²) in [5.74, 6) is -2.57. The molecule has 9 nitrogen and oxygen atoms in total. The number of benzene rings is 3. The molecular formula is C30H29FN6O3. The molecule has 4 aromatic rings. The summed E-state index contributed by atoms with van der Waals surface area (Å²) in [6.07, 6.45) is 2.25. The van der Waals surface area contributed by atoms with Crippen LogP contribution >= 0.6 is 0 Å². The third kappa shape index (κ3) is 5.47. The van der Waals surface area contributed by atoms with Crippen molar-refractivity contribution in [3.8, 4) is 0 Å². The molecule has 5 rings (SSSR count). The number of nitrogens with one attached hydrogen (secondary N) is 4. The van der Waals surface area contributed by atoms with E-state index < -0.39 is 35.6 Å². The molecule has 40 heavy (non-hydrogen) atoms. The Morgan fingerprint density at radius 3 is 2.58 bits per heavy atom. The van der Waals surface area contributed by atoms with Crippen LogP contribution in [0.25, 0.3) is 10.9 Å². The number of amides is 4. The highest BCUT2D eigenvalue weighted by Crippen LogP contribution is 2.30. The van der Waals surface area contributed by atoms with E-state index in [1.165, 1.54) is 18.2 Å². The van der Waals surface area contributed by atoms with Gasteiger partial charge in [0.2, 0.25) is 5.91 Å². The molecule has 0 saturated carbocycles. The van der Waals surface area contributed by atoms with Crippen LogP contribution in [0.4, 0.5) is 14.9 Å². The van der Waals surface area contributed by atoms with Gasteiger partial charge in [-0.25, -0.2) is 14.2 Å². The molecule has 4 N–H and O–H groups in total. The number of fused-ring (bicyclic) bond motifs is 1. The minimum absolute atomic E-state index is 0.169. The number of rotatable bonds is 7. The number of aliphatic imine (C=N–C) groups is 1. The molecule has 10 heteroatoms. The van der Waals surface area contributed by atoms with Gasteiger partial charge in [0.15, 0.2) is 0 Å². The van der Waals surface area contributed by atoms with Crippen molar-refractivity contribution >= 4 is 40.1 Å². The Hall–Kier alpha value is -4.86. The summed E-state index contributed by atoms with van der Waals surface area (Å²) in [6.45, 7) is 5.95. The van der Waals surface area contributed by atoms with Crippen LogP contribution in [-0.4, -0.2) is 40.3 Å². The number of anilines is 1. The van der Waals surface area contributed by atoms with E-state index >= 15 is 0 Å². The highest BCUT2D eigenvalue weighted by molar-refractivity contribution is 6.13. The van der Waals surface area contributed by atoms with Crippen molar-refractivity contribution in [1.82, 2.24) is 20.8 Å². The zero-order chi connectivity index (χ0) is 28.4. The van der Waals surface area contributed by atoms with E-state index in [0.29, 0.717) is 29.9 Å². The lowest BCUT2D eigenvalue weighted by molar-refractivity contribution is -0.118. The number of carbonyl (C=O) groups excluding carboxylic acids is 3. The number of hydrogen-bond acceptors (Lipinski definition) is 4. The minimum atomic E-state index is -0.886. The third-order valence-electron chi connectivity index (χ3n) is 7.23. The summed E-state index contributed by atoms with van der Waals surface area (Å²) in [7, 11) is 0. The normalized spacial score (nSPS) is 16.8. The Balaban J connectivity index is 1.36. The molecule has 0 bridgehead atoms. The number of aryl methyl sites for hydroxylation is 2. The first-order valence-corrected chi connectivity index (χ1v) is 12.9. The van der Waals surface area contributed by atoms with Gasteiger partial charge in [-0.3, -0.25) is 14.7 Å². The summed E-state index contributed by atoms with van der Waals surface area (Å²) in [6, 6.07) is 13.9. The van der Waals surface area contributed by atoms with E-state index in [1.54, 1.807) is 31.3 Å². The maximum atomic E-state index is 14.8. The number of urea groups is 1. The van der Waals surface area contributed by atoms with E-state index in [-0.39, 0.29) is 5.56 Å². The molecule has 0 fully saturated rings. The second-order valence-electron chi connectivity index (χ2n) is 9.93. The zero-order valence-corrected chi connectivity index (χ0v) is 22.3. The Morgan fingerprint density at radius 2 is 1.80 bits per heavy atom. The highest BCUT2D eigenvalue weighted by Gasteiger charge is 2.37. The summed E-state index contributed by atoms with van der Waals surface area (Å²) in [5.41, 5.74) is 5.31. The predicted octanol–water partition coefficient (Wildman–Crippen LogP) is 4.77. The average molecular weight is 541 g/mol. The first-order valence-electron chi connectivity index (χ1n) is 12.9. The SMILES string of the molecule is CC1=NC(=O)N[C@@H](c2ccc(F)c(C(=O)NCCc3c(C)cccc3C)c2)C1C(=O)Nc1ccc2[nH]ncc2c1. The minimum Gasteiger partial charge on any atom is -0.352 e. The fourth-order valence-electron chi connectivity index (χ4n) is 5.13. The van der Waals surface area contributed by atoms with Gasteiger partial charge in [0.05, 0.1) is 23.3 Å². The molecule has 0 spiro atoms. The van der Waals surface area contributed by atoms with Crippen molar-refractivity contribution in [1.29, 1.82) is 0 Å². The summed E-state index contributed by atoms with van der Waals surface area (Å²) in [4.78, 5) is 42.7. The average Bonchev–Trinajstić information content (AvgIpc) is 3.38. The molecule has 1 aromatic heterocycles. The first kappa shape index (κ1) is 26.7. The zero-order valence-electron chi connectivity index (χ0n) is 22.3. The molecule has 204 valence electrons. The maximum absolute atomic E-state index is 14.8. The lowest BCUT2D eigenvalue weighted by Crippen LogP contribution is -2.45. The number of aromatic amines is 1. The molecule has 4 amide bonds. The second kappa shape index (κ2) is 11.1. The van der Waals surface area contributed by atoms with Crippen LogP contribution < -0.4 is 16.0 Å². The Labute approximate surface area is 230 Å². The van der Waals surface area contributed by atoms with E-state index in [0.717, 1.165) is 27.6 Å². The number of hydrogen-bond donors (Lipinski definition) is 4. The lowest BCUT2D eigenvalue weighted by Gasteiger charge is -2.30. The predicted molar refractivity (Wildman–Crippen MR) is 151 cm³/mol. The third-order valence-corrected chi connectivity index (χ3v) is 7.23. The molecule has 0 aliphatic carbocycles. The van der Waals surface area contributed by atoms with Gasteiger partial charge >= 0.3 is 6.03 Å². The van der Waals surface area contributed by atoms with E-state index in [1.807, 2.05) is 32.0 Å². The van der Waals surface area contributed by atoms with Crippen LogP contribution in [-0.2, 0) is 11.2 Å². The second-order valence-corrected chi connectivity index (χ2v) is 9.93. The van der Waals surface area contributed by atoms with E-state index in [2.05, 4.69) is 31.1 Å². The van der Waals surface area contributed by atoms with Crippen LogP contribution in [0.2, 0.25) is 0 Å². The smallest absolute Gasteiger partial charge is 0.341 e. The fraction of sp³-hybridized carbons (Fsp3) is 0.233. The van der Waals surface area contributed by atoms with Gasteiger partial charge in [0, 0.05) is 23.3 Å². The first-order chi connectivity index (χ1) is 19.2. The van der Waals surface area contributed by atoms with Crippen molar-refractivity contribution in [3.05, 3.63) is 94.4 Å². The van der Waals surface area contributed by atoms with Gasteiger partial charge in [0.1, 0.15) is 11.7 Å². The fourth-order valence-corrected chi connectivity index (χ4v) is 5.13. The maximum Gasteiger partial charge on any atom is 0.341 e. The van der Waals surface area contributed by atoms with E-state index in [4.69, 9.17) is 0 Å². The highest BCUT2D eigenvalue weighted by atomic mass is 19.1. The Morgan fingerprint density at radius 1 is 1.02 bits per heavy atom. The van der Waals surface area contributed by atoms with Gasteiger partial charge in [0.25, 0.3) is 5.91 Å². The standard InChI is InChI=1S/C30H29FN6O3/c1-16-5-4-6-17(2)22(16)11-12-32-28(38)23-14-19(7-9-24(23)31)27-26(18(3)34-30(40)36-27)29(39)35-21-8-10-25-20(13-21)15-33-37-25/h4-10,13-15,26-27H,11-12H2,1-3H3,(H,32,38)(H,33,37)(H,35,39)(H,36,40)/t26?,27-/m0/s1. The van der Waals surface area contributed by atoms with Crippen molar-refractivity contribution in [3.63, 3.8) is 0 Å². The van der Waals surface area contributed by atoms with Crippen molar-refractivity contribution in [2.45, 2.75) is 33.2 Å². The van der Waals surface area contributed by atoms with Crippen molar-refractivity contribution in [2.75, 3.05) is 11.9 Å². The Bertz CT molecular complexity index is 1640. The van der Waals surface area contributed by atoms with Crippen LogP contribution in [0, 0.1) is 25.6 Å². The van der Waals surface area contributed by atoms with Gasteiger partial charge in [-0.05, 0) is 79.8 Å². The van der Waals surface area contributed by atoms with Crippen LogP contribution in [0.15, 0.2) is 65.8 Å². The quantitative estimate of drug-likeness (QED) is 0.269. The summed E-state index contributed by atoms with van der Waals surface area (Å²) < 4.78 is 14.8. The number of H-pyrrole nitrogens is 1. The van der Waals surface area contributed by atoms with Gasteiger partial charge in [-0.15, -0.1) is 0 Å². The van der Waals surface area contributed by atoms with Gasteiger partial charge in [-0.2, -0.15) is 5.10 Å². The van der Waals surface area contributed by atoms with Crippen LogP contribution in [0.5, 0.6) is 0 Å². The molecule has 2 atom stereocenters. The number of carbonyl (C=O) groups is 3. The van der Waals surface area contributed by atoms with Crippen molar-refractivity contribution in [2.24, 2.45) is 10.9 Å². The molecule has 2 heterocycles. The monoisotopic (exact) mass is 540 g/mol. The molecule has 0 radical (unpaired) electrons. The largest absolute Gasteiger partial charge is 0.352 e. The number of nitrogens with zero attached hydrogens (tertiary/aromatic N) is 2. The van der Waals surface area contributed by atoms with Gasteiger partial charge in [-0.1, -0.05) is 24.3 Å². The van der Waals surface area contributed by atoms with E-state index in [9.17, 15) is 18.8 Å².